The van der Waals surface area contributed by atoms with Crippen LogP contribution in [-0.2, 0) is 19.4 Å². The summed E-state index contributed by atoms with van der Waals surface area (Å²) in [5, 5.41) is 0. The fraction of sp³-hybridized carbons (Fsp3) is 0.200. The topological polar surface area (TPSA) is 0 Å². The molecule has 0 spiro atoms. The zero-order valence-electron chi connectivity index (χ0n) is 6.72. The van der Waals surface area contributed by atoms with Crippen LogP contribution in [0.2, 0.25) is 0 Å². The second-order valence-electron chi connectivity index (χ2n) is 2.59. The number of hydrogen-bond donors (Lipinski definition) is 0. The first-order valence-corrected chi connectivity index (χ1v) is 4.53. The molecule has 0 unspecified atom stereocenters. The quantitative estimate of drug-likeness (QED) is 0.645. The molecule has 0 aliphatic carbocycles. The van der Waals surface area contributed by atoms with Gasteiger partial charge >= 0.3 is 78.2 Å². The third-order valence-electron chi connectivity index (χ3n) is 1.64. The predicted octanol–water partition coefficient (Wildman–Crippen LogP) is 2.35. The van der Waals surface area contributed by atoms with Crippen LogP contribution in [0.15, 0.2) is 24.3 Å². The van der Waals surface area contributed by atoms with E-state index < -0.39 is 0 Å². The molecule has 11 heavy (non-hydrogen) atoms. The molecule has 0 fully saturated rings. The number of hydrogen-bond acceptors (Lipinski definition) is 0. The molecule has 0 N–H and O–H groups in total. The second-order valence-corrected chi connectivity index (χ2v) is 3.09. The van der Waals surface area contributed by atoms with E-state index in [9.17, 15) is 0 Å². The Labute approximate surface area is 78.4 Å². The minimum atomic E-state index is 1.22. The summed E-state index contributed by atoms with van der Waals surface area (Å²) in [5.41, 5.74) is 3.79. The van der Waals surface area contributed by atoms with Crippen molar-refractivity contribution in [1.29, 1.82) is 0 Å². The Morgan fingerprint density at radius 2 is 1.82 bits per heavy atom. The Morgan fingerprint density at radius 1 is 1.27 bits per heavy atom. The molecule has 1 heteroatoms. The summed E-state index contributed by atoms with van der Waals surface area (Å²) in [7, 11) is 0. The maximum atomic E-state index is 3.13. The Bertz CT molecular complexity index is 289. The molecule has 0 bridgehead atoms. The van der Waals surface area contributed by atoms with Crippen molar-refractivity contribution in [3.8, 4) is 0 Å². The van der Waals surface area contributed by atoms with Crippen molar-refractivity contribution in [2.24, 2.45) is 0 Å². The van der Waals surface area contributed by atoms with Crippen molar-refractivity contribution in [1.82, 2.24) is 0 Å². The van der Waals surface area contributed by atoms with Gasteiger partial charge in [-0.1, -0.05) is 0 Å². The van der Waals surface area contributed by atoms with Gasteiger partial charge < -0.3 is 0 Å². The molecule has 1 aromatic carbocycles. The summed E-state index contributed by atoms with van der Waals surface area (Å²) >= 11 is 1.87. The molecule has 1 rings (SSSR count). The van der Waals surface area contributed by atoms with E-state index in [4.69, 9.17) is 0 Å². The minimum absolute atomic E-state index is 1.22. The average Bonchev–Trinajstić information content (AvgIpc) is 2.05. The summed E-state index contributed by atoms with van der Waals surface area (Å²) < 4.78 is 3.13. The molecule has 0 saturated heterocycles. The van der Waals surface area contributed by atoms with E-state index in [0.717, 1.165) is 0 Å². The van der Waals surface area contributed by atoms with Crippen molar-refractivity contribution < 1.29 is 19.4 Å². The van der Waals surface area contributed by atoms with Gasteiger partial charge in [-0.2, -0.15) is 0 Å². The molecule has 1 aromatic rings. The number of benzene rings is 1. The summed E-state index contributed by atoms with van der Waals surface area (Å²) in [6, 6.07) is 8.50. The number of aryl methyl sites for hydroxylation is 1. The normalized spacial score (nSPS) is 8.91. The van der Waals surface area contributed by atoms with Crippen molar-refractivity contribution in [2.75, 3.05) is 0 Å². The molecule has 0 aliphatic heterocycles. The molecular formula is C10H10Mo. The van der Waals surface area contributed by atoms with Crippen LogP contribution in [0.4, 0.5) is 0 Å². The van der Waals surface area contributed by atoms with Gasteiger partial charge in [0, 0.05) is 0 Å². The van der Waals surface area contributed by atoms with E-state index in [1.54, 1.807) is 0 Å². The van der Waals surface area contributed by atoms with Gasteiger partial charge in [0.2, 0.25) is 0 Å². The Hall–Kier alpha value is -0.442. The van der Waals surface area contributed by atoms with E-state index in [1.807, 2.05) is 19.4 Å². The van der Waals surface area contributed by atoms with Gasteiger partial charge in [0.1, 0.15) is 0 Å². The van der Waals surface area contributed by atoms with E-state index in [-0.39, 0.29) is 0 Å². The van der Waals surface area contributed by atoms with E-state index in [1.165, 1.54) is 16.7 Å². The molecule has 0 nitrogen and oxygen atoms in total. The summed E-state index contributed by atoms with van der Waals surface area (Å²) in [6.07, 6.45) is 0. The molecule has 0 heterocycles. The van der Waals surface area contributed by atoms with Crippen LogP contribution in [0.25, 0.3) is 5.57 Å². The van der Waals surface area contributed by atoms with Crippen LogP contribution in [0, 0.1) is 6.92 Å². The molecule has 0 radical (unpaired) electrons. The van der Waals surface area contributed by atoms with Crippen LogP contribution < -0.4 is 0 Å². The predicted molar refractivity (Wildman–Crippen MR) is 45.3 cm³/mol. The van der Waals surface area contributed by atoms with Crippen molar-refractivity contribution in [2.45, 2.75) is 13.8 Å². The fourth-order valence-corrected chi connectivity index (χ4v) is 1.15. The molecule has 56 valence electrons. The molecule has 0 atom stereocenters. The monoisotopic (exact) mass is 228 g/mol. The Morgan fingerprint density at radius 3 is 2.27 bits per heavy atom. The summed E-state index contributed by atoms with van der Waals surface area (Å²) in [4.78, 5) is 0. The van der Waals surface area contributed by atoms with Crippen LogP contribution in [0.5, 0.6) is 0 Å². The van der Waals surface area contributed by atoms with Crippen LogP contribution >= 0.6 is 0 Å². The van der Waals surface area contributed by atoms with Gasteiger partial charge in [-0.05, 0) is 0 Å². The SMILES string of the molecule is CC(=[C]=[Mo])c1ccc(C)cc1. The number of rotatable bonds is 1. The van der Waals surface area contributed by atoms with Gasteiger partial charge in [-0.15, -0.1) is 0 Å². The van der Waals surface area contributed by atoms with Crippen molar-refractivity contribution in [3.05, 3.63) is 35.4 Å². The van der Waals surface area contributed by atoms with E-state index >= 15 is 0 Å². The first kappa shape index (κ1) is 8.65. The fourth-order valence-electron chi connectivity index (χ4n) is 0.862. The van der Waals surface area contributed by atoms with Crippen LogP contribution in [0.1, 0.15) is 18.1 Å². The average molecular weight is 226 g/mol. The molecule has 0 aromatic heterocycles. The molecule has 0 amide bonds. The van der Waals surface area contributed by atoms with Gasteiger partial charge in [0.25, 0.3) is 0 Å². The standard InChI is InChI=1S/C10H10.Mo/c1-8(2)10-6-4-9(3)5-7-10;/h4-7H,1,3H3;. The van der Waals surface area contributed by atoms with E-state index in [0.29, 0.717) is 0 Å². The summed E-state index contributed by atoms with van der Waals surface area (Å²) in [6.45, 7) is 4.17. The van der Waals surface area contributed by atoms with Crippen LogP contribution in [0.3, 0.4) is 0 Å². The first-order valence-electron chi connectivity index (χ1n) is 3.53. The Kier molecular flexibility index (Phi) is 3.00. The van der Waals surface area contributed by atoms with Gasteiger partial charge in [-0.25, -0.2) is 0 Å². The van der Waals surface area contributed by atoms with Crippen molar-refractivity contribution >= 4 is 9.63 Å². The molecule has 0 aliphatic rings. The molecule has 0 saturated carbocycles. The van der Waals surface area contributed by atoms with Gasteiger partial charge in [0.15, 0.2) is 0 Å². The maximum absolute atomic E-state index is 3.13. The zero-order valence-corrected chi connectivity index (χ0v) is 8.72. The third-order valence-corrected chi connectivity index (χ3v) is 2.39. The zero-order chi connectivity index (χ0) is 8.27. The van der Waals surface area contributed by atoms with Gasteiger partial charge in [0.05, 0.1) is 0 Å². The van der Waals surface area contributed by atoms with E-state index in [2.05, 4.69) is 42.2 Å². The molecular weight excluding hydrogens is 216 g/mol. The van der Waals surface area contributed by atoms with Gasteiger partial charge in [-0.3, -0.25) is 0 Å². The third kappa shape index (κ3) is 2.26. The summed E-state index contributed by atoms with van der Waals surface area (Å²) in [5.74, 6) is 0. The van der Waals surface area contributed by atoms with Crippen molar-refractivity contribution in [3.63, 3.8) is 0 Å². The second kappa shape index (κ2) is 3.81. The first-order chi connectivity index (χ1) is 5.24. The van der Waals surface area contributed by atoms with Crippen LogP contribution in [-0.4, -0.2) is 4.06 Å². The number of allylic oxidation sites excluding steroid dienone is 1. The Balaban J connectivity index is 3.08.